The molecule has 1 rings (SSSR count). The van der Waals surface area contributed by atoms with Crippen LogP contribution in [0.3, 0.4) is 0 Å². The predicted molar refractivity (Wildman–Crippen MR) is 91.3 cm³/mol. The van der Waals surface area contributed by atoms with Crippen molar-refractivity contribution in [2.75, 3.05) is 19.7 Å². The Morgan fingerprint density at radius 1 is 1.08 bits per heavy atom. The summed E-state index contributed by atoms with van der Waals surface area (Å²) in [6.45, 7) is 1.59. The van der Waals surface area contributed by atoms with Crippen molar-refractivity contribution in [3.63, 3.8) is 0 Å². The Hall–Kier alpha value is -3.16. The fourth-order valence-electron chi connectivity index (χ4n) is 1.67. The molecule has 0 heterocycles. The van der Waals surface area contributed by atoms with Gasteiger partial charge < -0.3 is 15.4 Å². The van der Waals surface area contributed by atoms with Crippen molar-refractivity contribution in [3.05, 3.63) is 42.0 Å². The van der Waals surface area contributed by atoms with Gasteiger partial charge in [-0.05, 0) is 18.6 Å². The Morgan fingerprint density at radius 2 is 1.80 bits per heavy atom. The molecule has 0 radical (unpaired) electrons. The molecule has 0 bridgehead atoms. The van der Waals surface area contributed by atoms with E-state index in [1.165, 1.54) is 6.08 Å². The highest BCUT2D eigenvalue weighted by molar-refractivity contribution is 5.95. The summed E-state index contributed by atoms with van der Waals surface area (Å²) in [6.07, 6.45) is 2.93. The van der Waals surface area contributed by atoms with E-state index in [0.29, 0.717) is 6.54 Å². The highest BCUT2D eigenvalue weighted by Gasteiger charge is 2.10. The number of amides is 4. The van der Waals surface area contributed by atoms with Gasteiger partial charge in [-0.2, -0.15) is 0 Å². The minimum Gasteiger partial charge on any atom is -0.456 e. The maximum atomic E-state index is 11.6. The van der Waals surface area contributed by atoms with E-state index in [4.69, 9.17) is 4.74 Å². The lowest BCUT2D eigenvalue weighted by molar-refractivity contribution is -0.148. The normalized spacial score (nSPS) is 10.1. The van der Waals surface area contributed by atoms with Crippen molar-refractivity contribution in [3.8, 4) is 0 Å². The van der Waals surface area contributed by atoms with Crippen LogP contribution in [-0.4, -0.2) is 43.5 Å². The lowest BCUT2D eigenvalue weighted by atomic mass is 10.2. The standard InChI is InChI=1S/C17H21N3O5/c1-2-18-17(24)20-15(22)12-25-16(23)10-11-19-14(21)9-8-13-6-4-3-5-7-13/h3-9H,2,10-12H2,1H3,(H,19,21)(H2,18,20,22,24)/b9-8+. The largest absolute Gasteiger partial charge is 0.456 e. The predicted octanol–water partition coefficient (Wildman–Crippen LogP) is 0.595. The highest BCUT2D eigenvalue weighted by atomic mass is 16.5. The summed E-state index contributed by atoms with van der Waals surface area (Å²) in [5.41, 5.74) is 0.884. The summed E-state index contributed by atoms with van der Waals surface area (Å²) in [5.74, 6) is -1.72. The van der Waals surface area contributed by atoms with Crippen LogP contribution in [0.25, 0.3) is 6.08 Å². The van der Waals surface area contributed by atoms with Crippen LogP contribution in [0.5, 0.6) is 0 Å². The van der Waals surface area contributed by atoms with Gasteiger partial charge in [-0.25, -0.2) is 4.79 Å². The second-order valence-electron chi connectivity index (χ2n) is 4.85. The Bertz CT molecular complexity index is 628. The van der Waals surface area contributed by atoms with Crippen LogP contribution < -0.4 is 16.0 Å². The van der Waals surface area contributed by atoms with Gasteiger partial charge in [-0.1, -0.05) is 30.3 Å². The van der Waals surface area contributed by atoms with Gasteiger partial charge in [0.2, 0.25) is 5.91 Å². The average Bonchev–Trinajstić information content (AvgIpc) is 2.59. The quantitative estimate of drug-likeness (QED) is 0.471. The molecule has 0 unspecified atom stereocenters. The molecule has 134 valence electrons. The maximum absolute atomic E-state index is 11.6. The minimum atomic E-state index is -0.728. The number of carbonyl (C=O) groups excluding carboxylic acids is 4. The third-order valence-corrected chi connectivity index (χ3v) is 2.81. The first-order valence-electron chi connectivity index (χ1n) is 7.75. The van der Waals surface area contributed by atoms with E-state index in [9.17, 15) is 19.2 Å². The maximum Gasteiger partial charge on any atom is 0.321 e. The number of nitrogens with one attached hydrogen (secondary N) is 3. The van der Waals surface area contributed by atoms with E-state index in [1.807, 2.05) is 35.6 Å². The van der Waals surface area contributed by atoms with E-state index in [1.54, 1.807) is 13.0 Å². The summed E-state index contributed by atoms with van der Waals surface area (Å²) in [5, 5.41) is 6.90. The second-order valence-corrected chi connectivity index (χ2v) is 4.85. The minimum absolute atomic E-state index is 0.0781. The average molecular weight is 347 g/mol. The first-order valence-corrected chi connectivity index (χ1v) is 7.75. The zero-order chi connectivity index (χ0) is 18.5. The van der Waals surface area contributed by atoms with Gasteiger partial charge in [-0.3, -0.25) is 19.7 Å². The van der Waals surface area contributed by atoms with Gasteiger partial charge in [-0.15, -0.1) is 0 Å². The molecule has 0 saturated heterocycles. The van der Waals surface area contributed by atoms with Crippen LogP contribution >= 0.6 is 0 Å². The molecule has 8 heteroatoms. The van der Waals surface area contributed by atoms with Crippen molar-refractivity contribution in [2.45, 2.75) is 13.3 Å². The molecule has 0 aliphatic heterocycles. The molecule has 1 aromatic rings. The van der Waals surface area contributed by atoms with E-state index < -0.39 is 24.5 Å². The Balaban J connectivity index is 2.17. The van der Waals surface area contributed by atoms with Gasteiger partial charge in [0.05, 0.1) is 6.42 Å². The number of esters is 1. The molecule has 4 amide bonds. The lowest BCUT2D eigenvalue weighted by Crippen LogP contribution is -2.41. The first kappa shape index (κ1) is 19.9. The van der Waals surface area contributed by atoms with Gasteiger partial charge in [0.1, 0.15) is 0 Å². The molecule has 0 saturated carbocycles. The molecular weight excluding hydrogens is 326 g/mol. The van der Waals surface area contributed by atoms with Gasteiger partial charge >= 0.3 is 12.0 Å². The zero-order valence-electron chi connectivity index (χ0n) is 13.9. The molecule has 0 aliphatic carbocycles. The first-order chi connectivity index (χ1) is 12.0. The van der Waals surface area contributed by atoms with Crippen LogP contribution in [0.1, 0.15) is 18.9 Å². The summed E-state index contributed by atoms with van der Waals surface area (Å²) in [4.78, 5) is 45.4. The van der Waals surface area contributed by atoms with Crippen molar-refractivity contribution in [2.24, 2.45) is 0 Å². The van der Waals surface area contributed by atoms with Crippen LogP contribution in [0.4, 0.5) is 4.79 Å². The summed E-state index contributed by atoms with van der Waals surface area (Å²) >= 11 is 0. The topological polar surface area (TPSA) is 114 Å². The van der Waals surface area contributed by atoms with Crippen molar-refractivity contribution < 1.29 is 23.9 Å². The van der Waals surface area contributed by atoms with Crippen LogP contribution in [-0.2, 0) is 19.1 Å². The molecule has 0 atom stereocenters. The molecule has 0 aliphatic rings. The van der Waals surface area contributed by atoms with Crippen molar-refractivity contribution in [1.29, 1.82) is 0 Å². The van der Waals surface area contributed by atoms with Crippen LogP contribution in [0.2, 0.25) is 0 Å². The van der Waals surface area contributed by atoms with E-state index in [-0.39, 0.29) is 18.9 Å². The highest BCUT2D eigenvalue weighted by Crippen LogP contribution is 2.00. The number of ether oxygens (including phenoxy) is 1. The molecule has 0 fully saturated rings. The molecule has 0 spiro atoms. The number of hydrogen-bond acceptors (Lipinski definition) is 5. The third-order valence-electron chi connectivity index (χ3n) is 2.81. The number of carbonyl (C=O) groups is 4. The van der Waals surface area contributed by atoms with Gasteiger partial charge in [0.15, 0.2) is 6.61 Å². The summed E-state index contributed by atoms with van der Waals surface area (Å²) in [6, 6.07) is 8.64. The molecule has 25 heavy (non-hydrogen) atoms. The Morgan fingerprint density at radius 3 is 2.48 bits per heavy atom. The monoisotopic (exact) mass is 347 g/mol. The SMILES string of the molecule is CCNC(=O)NC(=O)COC(=O)CCNC(=O)/C=C/c1ccccc1. The molecular formula is C17H21N3O5. The van der Waals surface area contributed by atoms with Crippen molar-refractivity contribution >= 4 is 29.9 Å². The number of rotatable bonds is 8. The Kier molecular flexibility index (Phi) is 9.06. The molecule has 0 aromatic heterocycles. The molecule has 1 aromatic carbocycles. The third kappa shape index (κ3) is 9.54. The van der Waals surface area contributed by atoms with Gasteiger partial charge in [0, 0.05) is 19.2 Å². The fourth-order valence-corrected chi connectivity index (χ4v) is 1.67. The van der Waals surface area contributed by atoms with Crippen LogP contribution in [0.15, 0.2) is 36.4 Å². The Labute approximate surface area is 145 Å². The fraction of sp³-hybridized carbons (Fsp3) is 0.294. The van der Waals surface area contributed by atoms with Crippen molar-refractivity contribution in [1.82, 2.24) is 16.0 Å². The smallest absolute Gasteiger partial charge is 0.321 e. The van der Waals surface area contributed by atoms with E-state index >= 15 is 0 Å². The van der Waals surface area contributed by atoms with Gasteiger partial charge in [0.25, 0.3) is 5.91 Å². The zero-order valence-corrected chi connectivity index (χ0v) is 13.9. The summed E-state index contributed by atoms with van der Waals surface area (Å²) in [7, 11) is 0. The summed E-state index contributed by atoms with van der Waals surface area (Å²) < 4.78 is 4.69. The van der Waals surface area contributed by atoms with Crippen LogP contribution in [0, 0.1) is 0 Å². The molecule has 3 N–H and O–H groups in total. The number of imide groups is 1. The molecule has 8 nitrogen and oxygen atoms in total. The number of hydrogen-bond donors (Lipinski definition) is 3. The van der Waals surface area contributed by atoms with E-state index in [2.05, 4.69) is 10.6 Å². The second kappa shape index (κ2) is 11.4. The lowest BCUT2D eigenvalue weighted by Gasteiger charge is -2.06. The number of benzene rings is 1. The number of urea groups is 1. The van der Waals surface area contributed by atoms with E-state index in [0.717, 1.165) is 5.56 Å².